The Morgan fingerprint density at radius 2 is 1.66 bits per heavy atom. The van der Waals surface area contributed by atoms with Gasteiger partial charge < -0.3 is 15.0 Å². The zero-order valence-corrected chi connectivity index (χ0v) is 20.4. The number of hydrogen-bond acceptors (Lipinski definition) is 5. The average molecular weight is 445 g/mol. The highest BCUT2D eigenvalue weighted by molar-refractivity contribution is 5.95. The molecule has 0 saturated carbocycles. The highest BCUT2D eigenvalue weighted by atomic mass is 16.5. The number of ether oxygens (including phenoxy) is 1. The summed E-state index contributed by atoms with van der Waals surface area (Å²) >= 11 is 0. The zero-order chi connectivity index (χ0) is 23.4. The Bertz CT molecular complexity index is 785. The van der Waals surface area contributed by atoms with E-state index in [0.29, 0.717) is 26.1 Å². The van der Waals surface area contributed by atoms with Gasteiger partial charge in [-0.1, -0.05) is 0 Å². The maximum atomic E-state index is 12.9. The molecule has 3 rings (SSSR count). The van der Waals surface area contributed by atoms with E-state index in [-0.39, 0.29) is 22.9 Å². The van der Waals surface area contributed by atoms with E-state index in [0.717, 1.165) is 50.5 Å². The molecule has 2 heterocycles. The molecule has 7 heteroatoms. The first-order chi connectivity index (χ1) is 15.1. The van der Waals surface area contributed by atoms with Crippen molar-refractivity contribution in [3.8, 4) is 5.75 Å². The van der Waals surface area contributed by atoms with Gasteiger partial charge in [0.25, 0.3) is 0 Å². The molecule has 2 saturated heterocycles. The predicted octanol–water partition coefficient (Wildman–Crippen LogP) is 2.89. The monoisotopic (exact) mass is 444 g/mol. The molecule has 2 aliphatic rings. The second-order valence-corrected chi connectivity index (χ2v) is 10.5. The zero-order valence-electron chi connectivity index (χ0n) is 20.4. The summed E-state index contributed by atoms with van der Waals surface area (Å²) in [5.74, 6) is 1.10. The van der Waals surface area contributed by atoms with Crippen molar-refractivity contribution < 1.29 is 14.3 Å². The van der Waals surface area contributed by atoms with Crippen LogP contribution in [0.2, 0.25) is 0 Å². The van der Waals surface area contributed by atoms with Crippen molar-refractivity contribution in [2.45, 2.75) is 65.0 Å². The van der Waals surface area contributed by atoms with Gasteiger partial charge in [-0.15, -0.1) is 0 Å². The van der Waals surface area contributed by atoms with Gasteiger partial charge in [-0.3, -0.25) is 19.4 Å². The van der Waals surface area contributed by atoms with Crippen LogP contribution in [-0.4, -0.2) is 78.6 Å². The van der Waals surface area contributed by atoms with Crippen molar-refractivity contribution in [1.82, 2.24) is 15.1 Å². The normalized spacial score (nSPS) is 20.0. The number of nitrogens with one attached hydrogen (secondary N) is 1. The van der Waals surface area contributed by atoms with Gasteiger partial charge in [-0.2, -0.15) is 0 Å². The molecule has 2 aliphatic heterocycles. The molecule has 0 unspecified atom stereocenters. The van der Waals surface area contributed by atoms with Crippen molar-refractivity contribution >= 4 is 17.5 Å². The van der Waals surface area contributed by atoms with Crippen molar-refractivity contribution in [3.63, 3.8) is 0 Å². The van der Waals surface area contributed by atoms with Gasteiger partial charge in [-0.25, -0.2) is 0 Å². The molecule has 0 atom stereocenters. The van der Waals surface area contributed by atoms with Crippen LogP contribution >= 0.6 is 0 Å². The van der Waals surface area contributed by atoms with E-state index < -0.39 is 0 Å². The Hall–Kier alpha value is -2.12. The van der Waals surface area contributed by atoms with Gasteiger partial charge in [0.15, 0.2) is 0 Å². The predicted molar refractivity (Wildman–Crippen MR) is 128 cm³/mol. The lowest BCUT2D eigenvalue weighted by Gasteiger charge is -2.37. The first-order valence-corrected chi connectivity index (χ1v) is 11.9. The summed E-state index contributed by atoms with van der Waals surface area (Å²) in [6.45, 7) is 16.0. The average Bonchev–Trinajstić information content (AvgIpc) is 3.06. The van der Waals surface area contributed by atoms with Crippen molar-refractivity contribution in [3.05, 3.63) is 24.3 Å². The van der Waals surface area contributed by atoms with E-state index in [1.165, 1.54) is 0 Å². The molecule has 0 bridgehead atoms. The smallest absolute Gasteiger partial charge is 0.241 e. The minimum absolute atomic E-state index is 0.00346. The van der Waals surface area contributed by atoms with Crippen molar-refractivity contribution in [1.29, 1.82) is 0 Å². The third-order valence-electron chi connectivity index (χ3n) is 6.69. The van der Waals surface area contributed by atoms with Gasteiger partial charge in [0.05, 0.1) is 13.2 Å². The molecular weight excluding hydrogens is 404 g/mol. The Morgan fingerprint density at radius 3 is 2.34 bits per heavy atom. The van der Waals surface area contributed by atoms with E-state index in [4.69, 9.17) is 4.74 Å². The Morgan fingerprint density at radius 1 is 0.938 bits per heavy atom. The Balaban J connectivity index is 1.52. The van der Waals surface area contributed by atoms with Crippen molar-refractivity contribution in [2.75, 3.05) is 50.8 Å². The Labute approximate surface area is 193 Å². The van der Waals surface area contributed by atoms with Crippen LogP contribution in [-0.2, 0) is 9.59 Å². The summed E-state index contributed by atoms with van der Waals surface area (Å²) in [5, 5.41) is 2.93. The van der Waals surface area contributed by atoms with Crippen LogP contribution in [0, 0.1) is 0 Å². The maximum absolute atomic E-state index is 12.9. The topological polar surface area (TPSA) is 65.1 Å². The van der Waals surface area contributed by atoms with Gasteiger partial charge >= 0.3 is 0 Å². The number of nitrogens with zero attached hydrogens (tertiary/aromatic N) is 3. The summed E-state index contributed by atoms with van der Waals surface area (Å²) in [4.78, 5) is 31.0. The fourth-order valence-corrected chi connectivity index (χ4v) is 4.39. The summed E-state index contributed by atoms with van der Waals surface area (Å²) in [6.07, 6.45) is 2.39. The van der Waals surface area contributed by atoms with Crippen LogP contribution < -0.4 is 15.0 Å². The highest BCUT2D eigenvalue weighted by Crippen LogP contribution is 2.25. The quantitative estimate of drug-likeness (QED) is 0.731. The molecule has 2 amide bonds. The molecule has 0 aliphatic carbocycles. The van der Waals surface area contributed by atoms with E-state index in [1.807, 2.05) is 29.2 Å². The number of carbonyl (C=O) groups excluding carboxylic acids is 2. The van der Waals surface area contributed by atoms with Crippen LogP contribution in [0.5, 0.6) is 5.75 Å². The molecule has 32 heavy (non-hydrogen) atoms. The summed E-state index contributed by atoms with van der Waals surface area (Å²) < 4.78 is 6.02. The molecular formula is C25H40N4O3. The van der Waals surface area contributed by atoms with E-state index >= 15 is 0 Å². The SMILES string of the molecule is CC(C)(C)N1CCCN(c2ccc(OCCC(C)(C)N3CCNC(=O)CC3)cc2)C(=O)C1. The van der Waals surface area contributed by atoms with Gasteiger partial charge in [0.2, 0.25) is 11.8 Å². The fourth-order valence-electron chi connectivity index (χ4n) is 4.39. The minimum Gasteiger partial charge on any atom is -0.494 e. The number of anilines is 1. The Kier molecular flexibility index (Phi) is 7.83. The summed E-state index contributed by atoms with van der Waals surface area (Å²) in [5.41, 5.74) is 0.889. The van der Waals surface area contributed by atoms with Crippen LogP contribution in [0.1, 0.15) is 53.9 Å². The molecule has 0 aromatic heterocycles. The third kappa shape index (κ3) is 6.45. The number of hydrogen-bond donors (Lipinski definition) is 1. The van der Waals surface area contributed by atoms with Crippen LogP contribution in [0.15, 0.2) is 24.3 Å². The van der Waals surface area contributed by atoms with Crippen LogP contribution in [0.4, 0.5) is 5.69 Å². The number of rotatable bonds is 6. The number of carbonyl (C=O) groups is 2. The lowest BCUT2D eigenvalue weighted by molar-refractivity contribution is -0.121. The molecule has 1 aromatic carbocycles. The van der Waals surface area contributed by atoms with Crippen LogP contribution in [0.3, 0.4) is 0 Å². The fraction of sp³-hybridized carbons (Fsp3) is 0.680. The molecule has 0 radical (unpaired) electrons. The molecule has 0 spiro atoms. The summed E-state index contributed by atoms with van der Waals surface area (Å²) in [6, 6.07) is 7.88. The molecule has 7 nitrogen and oxygen atoms in total. The van der Waals surface area contributed by atoms with Gasteiger partial charge in [-0.05, 0) is 71.7 Å². The van der Waals surface area contributed by atoms with Gasteiger partial charge in [0, 0.05) is 55.9 Å². The van der Waals surface area contributed by atoms with E-state index in [1.54, 1.807) is 0 Å². The van der Waals surface area contributed by atoms with Crippen molar-refractivity contribution in [2.24, 2.45) is 0 Å². The highest BCUT2D eigenvalue weighted by Gasteiger charge is 2.30. The lowest BCUT2D eigenvalue weighted by atomic mass is 9.98. The number of amides is 2. The first-order valence-electron chi connectivity index (χ1n) is 11.9. The number of benzene rings is 1. The minimum atomic E-state index is -0.0381. The third-order valence-corrected chi connectivity index (χ3v) is 6.69. The largest absolute Gasteiger partial charge is 0.494 e. The molecule has 178 valence electrons. The lowest BCUT2D eigenvalue weighted by Crippen LogP contribution is -2.46. The van der Waals surface area contributed by atoms with E-state index in [9.17, 15) is 9.59 Å². The second-order valence-electron chi connectivity index (χ2n) is 10.5. The standard InChI is InChI=1S/C25H40N4O3/c1-24(2,3)28-14-6-15-29(23(31)19-28)20-7-9-21(10-8-20)32-18-12-25(4,5)27-16-11-22(30)26-13-17-27/h7-10H,6,11-19H2,1-5H3,(H,26,30). The van der Waals surface area contributed by atoms with Gasteiger partial charge in [0.1, 0.15) is 5.75 Å². The van der Waals surface area contributed by atoms with Crippen LogP contribution in [0.25, 0.3) is 0 Å². The molecule has 2 fully saturated rings. The molecule has 1 aromatic rings. The molecule has 1 N–H and O–H groups in total. The van der Waals surface area contributed by atoms with E-state index in [2.05, 4.69) is 49.7 Å². The first kappa shape index (κ1) is 24.5. The second kappa shape index (κ2) is 10.2. The maximum Gasteiger partial charge on any atom is 0.241 e. The summed E-state index contributed by atoms with van der Waals surface area (Å²) in [7, 11) is 0.